The monoisotopic (exact) mass is 1070 g/mol. The Morgan fingerprint density at radius 3 is 0.840 bits per heavy atom. The van der Waals surface area contributed by atoms with Crippen LogP contribution in [-0.2, 0) is 20.7 Å². The van der Waals surface area contributed by atoms with E-state index in [0.29, 0.717) is 23.0 Å². The fourth-order valence-electron chi connectivity index (χ4n) is 10.2. The zero-order chi connectivity index (χ0) is 55.3. The van der Waals surface area contributed by atoms with Gasteiger partial charge in [0.2, 0.25) is 9.84 Å². The molecular formula is C64H84O8P2S. The van der Waals surface area contributed by atoms with Crippen molar-refractivity contribution in [3.8, 4) is 34.5 Å². The molecule has 6 aromatic carbocycles. The van der Waals surface area contributed by atoms with Gasteiger partial charge in [0.1, 0.15) is 44.3 Å². The number of hydrogen-bond donors (Lipinski definition) is 0. The van der Waals surface area contributed by atoms with Crippen LogP contribution in [0.5, 0.6) is 34.5 Å². The summed E-state index contributed by atoms with van der Waals surface area (Å²) in [5.41, 5.74) is 4.47. The van der Waals surface area contributed by atoms with Crippen LogP contribution in [0.25, 0.3) is 0 Å². The summed E-state index contributed by atoms with van der Waals surface area (Å²) >= 11 is 0. The van der Waals surface area contributed by atoms with Crippen LogP contribution in [-0.4, -0.2) is 8.42 Å². The van der Waals surface area contributed by atoms with Gasteiger partial charge in [0.15, 0.2) is 0 Å². The number of hydrogen-bond acceptors (Lipinski definition) is 8. The van der Waals surface area contributed by atoms with Crippen molar-refractivity contribution in [3.05, 3.63) is 167 Å². The first-order valence-electron chi connectivity index (χ1n) is 26.5. The quantitative estimate of drug-likeness (QED) is 0.0621. The zero-order valence-electron chi connectivity index (χ0n) is 48.0. The van der Waals surface area contributed by atoms with Crippen LogP contribution in [0, 0.1) is 10.8 Å². The van der Waals surface area contributed by atoms with Crippen LogP contribution in [0.3, 0.4) is 0 Å². The molecule has 8 nitrogen and oxygen atoms in total. The van der Waals surface area contributed by atoms with Gasteiger partial charge in [-0.05, 0) is 140 Å². The Morgan fingerprint density at radius 1 is 0.360 bits per heavy atom. The molecule has 0 aliphatic rings. The van der Waals surface area contributed by atoms with E-state index in [1.807, 2.05) is 109 Å². The fourth-order valence-corrected chi connectivity index (χ4v) is 14.0. The lowest BCUT2D eigenvalue weighted by Crippen LogP contribution is -2.25. The topological polar surface area (TPSA) is 89.5 Å². The molecule has 0 unspecified atom stereocenters. The molecule has 0 fully saturated rings. The second kappa shape index (κ2) is 24.1. The summed E-state index contributed by atoms with van der Waals surface area (Å²) in [6, 6.07) is 42.3. The molecule has 0 atom stereocenters. The number of rotatable bonds is 22. The van der Waals surface area contributed by atoms with Crippen molar-refractivity contribution < 1.29 is 35.6 Å². The van der Waals surface area contributed by atoms with Gasteiger partial charge in [-0.1, -0.05) is 210 Å². The lowest BCUT2D eigenvalue weighted by molar-refractivity contribution is 0.283. The van der Waals surface area contributed by atoms with Crippen LogP contribution in [0.4, 0.5) is 0 Å². The van der Waals surface area contributed by atoms with Gasteiger partial charge in [-0.3, -0.25) is 0 Å². The van der Waals surface area contributed by atoms with Crippen molar-refractivity contribution in [1.29, 1.82) is 0 Å². The Hall–Kier alpha value is -5.07. The van der Waals surface area contributed by atoms with Crippen molar-refractivity contribution in [1.82, 2.24) is 0 Å². The molecule has 75 heavy (non-hydrogen) atoms. The summed E-state index contributed by atoms with van der Waals surface area (Å²) in [4.78, 5) is -0.0962. The highest BCUT2D eigenvalue weighted by Crippen LogP contribution is 2.52. The largest absolute Gasteiger partial charge is 0.530 e. The average molecular weight is 1080 g/mol. The van der Waals surface area contributed by atoms with E-state index < -0.39 is 37.9 Å². The summed E-state index contributed by atoms with van der Waals surface area (Å²) in [5, 5.41) is 0. The molecule has 0 N–H and O–H groups in total. The van der Waals surface area contributed by atoms with Crippen LogP contribution in [0.15, 0.2) is 143 Å². The number of para-hydroxylation sites is 4. The molecule has 11 heteroatoms. The van der Waals surface area contributed by atoms with Crippen LogP contribution in [0.1, 0.15) is 195 Å². The predicted molar refractivity (Wildman–Crippen MR) is 312 cm³/mol. The van der Waals surface area contributed by atoms with E-state index in [1.54, 1.807) is 24.3 Å². The highest BCUT2D eigenvalue weighted by Gasteiger charge is 2.38. The van der Waals surface area contributed by atoms with Gasteiger partial charge in [-0.15, -0.1) is 0 Å². The minimum absolute atomic E-state index is 0.0481. The van der Waals surface area contributed by atoms with Gasteiger partial charge in [0.05, 0.1) is 0 Å². The van der Waals surface area contributed by atoms with Gasteiger partial charge in [-0.2, -0.15) is 0 Å². The summed E-state index contributed by atoms with van der Waals surface area (Å²) in [6.45, 7) is 38.7. The first-order valence-corrected chi connectivity index (χ1v) is 30.2. The third kappa shape index (κ3) is 15.5. The highest BCUT2D eigenvalue weighted by molar-refractivity contribution is 7.91. The van der Waals surface area contributed by atoms with E-state index in [2.05, 4.69) is 125 Å². The van der Waals surface area contributed by atoms with Gasteiger partial charge in [0.25, 0.3) is 0 Å². The zero-order valence-corrected chi connectivity index (χ0v) is 50.6. The van der Waals surface area contributed by atoms with Gasteiger partial charge in [-0.25, -0.2) is 8.42 Å². The van der Waals surface area contributed by atoms with E-state index >= 15 is 8.42 Å². The summed E-state index contributed by atoms with van der Waals surface area (Å²) in [6.07, 6.45) is 1.55. The lowest BCUT2D eigenvalue weighted by Gasteiger charge is -2.34. The number of sulfone groups is 1. The van der Waals surface area contributed by atoms with Gasteiger partial charge in [0, 0.05) is 0 Å². The third-order valence-corrected chi connectivity index (χ3v) is 17.0. The lowest BCUT2D eigenvalue weighted by atomic mass is 9.72. The first-order chi connectivity index (χ1) is 35.0. The van der Waals surface area contributed by atoms with Gasteiger partial charge < -0.3 is 27.1 Å². The minimum atomic E-state index is -4.57. The summed E-state index contributed by atoms with van der Waals surface area (Å²) < 4.78 is 74.1. The smallest absolute Gasteiger partial charge is 0.408 e. The predicted octanol–water partition coefficient (Wildman–Crippen LogP) is 20.0. The van der Waals surface area contributed by atoms with E-state index in [1.165, 1.54) is 0 Å². The molecule has 404 valence electrons. The van der Waals surface area contributed by atoms with Crippen LogP contribution in [0.2, 0.25) is 0 Å². The van der Waals surface area contributed by atoms with Crippen molar-refractivity contribution >= 4 is 27.0 Å². The van der Waals surface area contributed by atoms with Crippen molar-refractivity contribution in [3.63, 3.8) is 0 Å². The van der Waals surface area contributed by atoms with E-state index in [4.69, 9.17) is 27.1 Å². The maximum atomic E-state index is 16.5. The Labute approximate surface area is 454 Å². The molecule has 0 saturated carbocycles. The molecule has 0 aliphatic carbocycles. The maximum Gasteiger partial charge on any atom is 0.530 e. The molecule has 0 aromatic heterocycles. The Morgan fingerprint density at radius 2 is 0.600 bits per heavy atom. The van der Waals surface area contributed by atoms with Gasteiger partial charge >= 0.3 is 17.2 Å². The van der Waals surface area contributed by atoms with Crippen molar-refractivity contribution in [2.24, 2.45) is 10.8 Å². The van der Waals surface area contributed by atoms with E-state index in [0.717, 1.165) is 46.2 Å². The molecule has 0 heterocycles. The second-order valence-electron chi connectivity index (χ2n) is 24.8. The van der Waals surface area contributed by atoms with Crippen LogP contribution < -0.4 is 27.1 Å². The molecule has 0 radical (unpaired) electrons. The molecule has 0 spiro atoms. The highest BCUT2D eigenvalue weighted by atomic mass is 32.2. The molecule has 6 rings (SSSR count). The molecule has 0 bridgehead atoms. The third-order valence-electron chi connectivity index (χ3n) is 13.2. The normalized spacial score (nSPS) is 12.8. The second-order valence-corrected chi connectivity index (χ2v) is 28.7. The summed E-state index contributed by atoms with van der Waals surface area (Å²) in [7, 11) is -9.24. The molecule has 6 aromatic rings. The Balaban J connectivity index is 1.62. The fraction of sp³-hybridized carbons (Fsp3) is 0.438. The minimum Gasteiger partial charge on any atom is -0.408 e. The Bertz CT molecular complexity index is 2680. The Kier molecular flexibility index (Phi) is 19.0. The molecule has 0 amide bonds. The van der Waals surface area contributed by atoms with E-state index in [-0.39, 0.29) is 55.8 Å². The van der Waals surface area contributed by atoms with E-state index in [9.17, 15) is 0 Å². The first kappa shape index (κ1) is 59.2. The van der Waals surface area contributed by atoms with Crippen LogP contribution >= 0.6 is 17.2 Å². The SMILES string of the molecule is CC(C)c1ccccc1OP(Oc1ccccc1C(C)C)Oc1ccc(C(C)(C)CC(C)(C)C)cc1S(=O)(=O)c1cc(C(C)(C)CC(C)(C)C)ccc1OP(Oc1ccccc1C(C)C)Oc1ccccc1C(C)C. The molecular weight excluding hydrogens is 991 g/mol. The maximum absolute atomic E-state index is 16.5. The average Bonchev–Trinajstić information content (AvgIpc) is 3.30. The summed E-state index contributed by atoms with van der Waals surface area (Å²) in [5.74, 6) is 2.97. The standard InChI is InChI=1S/C64H84O8P2S/c1-43(2)49-27-19-23-31-53(49)67-73(68-54-32-24-20-28-50(54)44(3)4)71-57-37-35-47(63(15,16)41-61(9,10)11)39-59(57)75(65,66)60-40-48(64(17,18)42-62(12,13)14)36-38-58(60)72-74(69-55-33-25-21-29-51(55)45(5)6)70-56-34-26-22-30-52(56)46(7)8/h19-40,43-46H,41-42H2,1-18H3. The number of benzene rings is 6. The van der Waals surface area contributed by atoms with Crippen molar-refractivity contribution in [2.75, 3.05) is 0 Å². The molecule has 0 saturated heterocycles. The molecule has 0 aliphatic heterocycles. The van der Waals surface area contributed by atoms with Crippen molar-refractivity contribution in [2.45, 2.75) is 182 Å².